The Morgan fingerprint density at radius 3 is 2.34 bits per heavy atom. The van der Waals surface area contributed by atoms with Crippen molar-refractivity contribution in [3.63, 3.8) is 0 Å². The first-order valence-electron chi connectivity index (χ1n) is 20.9. The second-order valence-electron chi connectivity index (χ2n) is 17.4. The third-order valence-corrected chi connectivity index (χ3v) is 12.9. The van der Waals surface area contributed by atoms with Gasteiger partial charge in [0, 0.05) is 44.2 Å². The number of esters is 1. The van der Waals surface area contributed by atoms with Crippen molar-refractivity contribution in [1.29, 1.82) is 0 Å². The zero-order valence-electron chi connectivity index (χ0n) is 35.3. The molecular formula is C45H67NO10. The molecule has 0 aromatic rings. The van der Waals surface area contributed by atoms with Gasteiger partial charge >= 0.3 is 5.97 Å². The molecule has 2 saturated heterocycles. The van der Waals surface area contributed by atoms with Crippen LogP contribution in [0.5, 0.6) is 0 Å². The smallest absolute Gasteiger partial charge is 0.329 e. The van der Waals surface area contributed by atoms with Gasteiger partial charge in [-0.05, 0) is 83.0 Å². The molecule has 312 valence electrons. The van der Waals surface area contributed by atoms with Crippen LogP contribution < -0.4 is 0 Å². The van der Waals surface area contributed by atoms with Gasteiger partial charge in [-0.15, -0.1) is 0 Å². The van der Waals surface area contributed by atoms with Crippen LogP contribution in [-0.2, 0) is 47.7 Å². The number of carbonyl (C=O) groups is 6. The zero-order chi connectivity index (χ0) is 41.3. The fourth-order valence-corrected chi connectivity index (χ4v) is 8.64. The molecule has 4 bridgehead atoms. The van der Waals surface area contributed by atoms with E-state index in [9.17, 15) is 28.8 Å². The van der Waals surface area contributed by atoms with E-state index in [4.69, 9.17) is 18.9 Å². The molecule has 11 nitrogen and oxygen atoms in total. The van der Waals surface area contributed by atoms with Gasteiger partial charge in [0.25, 0.3) is 11.7 Å². The lowest BCUT2D eigenvalue weighted by Gasteiger charge is -2.42. The minimum atomic E-state index is -1.95. The van der Waals surface area contributed by atoms with Gasteiger partial charge in [-0.25, -0.2) is 4.79 Å². The summed E-state index contributed by atoms with van der Waals surface area (Å²) in [5.41, 5.74) is -0.0146. The maximum atomic E-state index is 14.1. The van der Waals surface area contributed by atoms with Gasteiger partial charge in [-0.3, -0.25) is 24.0 Å². The zero-order valence-corrected chi connectivity index (χ0v) is 35.3. The average Bonchev–Trinajstić information content (AvgIpc) is 3.18. The number of hydrogen-bond donors (Lipinski definition) is 0. The molecule has 5 heterocycles. The Bertz CT molecular complexity index is 1530. The summed E-state index contributed by atoms with van der Waals surface area (Å²) < 4.78 is 24.3. The number of carbonyl (C=O) groups excluding carboxylic acids is 6. The van der Waals surface area contributed by atoms with Crippen LogP contribution in [0.4, 0.5) is 0 Å². The Hall–Kier alpha value is -3.28. The van der Waals surface area contributed by atoms with E-state index in [1.807, 2.05) is 47.6 Å². The summed E-state index contributed by atoms with van der Waals surface area (Å²) in [6, 6.07) is -1.03. The summed E-state index contributed by atoms with van der Waals surface area (Å²) in [6.45, 7) is 16.1. The lowest BCUT2D eigenvalue weighted by atomic mass is 9.78. The molecule has 2 fully saturated rings. The number of Topliss-reactive ketones (excluding diaryl/α,β-unsaturated/α-hetero) is 3. The Morgan fingerprint density at radius 2 is 1.70 bits per heavy atom. The number of rotatable bonds is 3. The highest BCUT2D eigenvalue weighted by Gasteiger charge is 2.53. The number of piperidine rings is 1. The first kappa shape index (κ1) is 45.4. The van der Waals surface area contributed by atoms with Crippen LogP contribution in [0.25, 0.3) is 0 Å². The molecule has 56 heavy (non-hydrogen) atoms. The highest BCUT2D eigenvalue weighted by atomic mass is 16.5. The summed E-state index contributed by atoms with van der Waals surface area (Å²) >= 11 is 0. The van der Waals surface area contributed by atoms with Gasteiger partial charge in [-0.1, -0.05) is 77.0 Å². The number of ketones is 3. The van der Waals surface area contributed by atoms with Crippen molar-refractivity contribution in [2.24, 2.45) is 35.5 Å². The fourth-order valence-electron chi connectivity index (χ4n) is 8.64. The molecule has 1 unspecified atom stereocenters. The summed E-state index contributed by atoms with van der Waals surface area (Å²) in [6.07, 6.45) is 11.2. The third-order valence-electron chi connectivity index (χ3n) is 12.9. The molecular weight excluding hydrogens is 714 g/mol. The highest BCUT2D eigenvalue weighted by molar-refractivity contribution is 6.42. The number of nitrogens with zero attached hydrogens (tertiary/aromatic N) is 1. The van der Waals surface area contributed by atoms with Gasteiger partial charge in [0.15, 0.2) is 17.7 Å². The van der Waals surface area contributed by atoms with Crippen LogP contribution in [0.3, 0.4) is 0 Å². The standard InChI is InChI=1S/C45H67NO10/c1-27(2)39-24-35(48)17-14-29(4)33(8)41(53-9)40(49)31(6)23-30(5)34-16-20-37(54-25-34)22-28(3)13-18-36-19-15-32(7)45(26-47,56-36)42(50)43(51)46-21-11-10-12-38(46)44(52)55-39/h14,16,20,22,26-27,30-34,36-39,41H,10-13,15,17-19,21,23-25H2,1-9H3/b28-22+,29-14+/t30-,31+,32+,33+,34+,36+,37?,38-,39-,41+,45+/m0/s1. The average molecular weight is 782 g/mol. The summed E-state index contributed by atoms with van der Waals surface area (Å²) in [5.74, 6) is -3.55. The van der Waals surface area contributed by atoms with Crippen LogP contribution >= 0.6 is 0 Å². The van der Waals surface area contributed by atoms with Crippen LogP contribution in [0.2, 0.25) is 0 Å². The predicted molar refractivity (Wildman–Crippen MR) is 212 cm³/mol. The molecule has 11 atom stereocenters. The summed E-state index contributed by atoms with van der Waals surface area (Å²) in [7, 11) is 1.55. The van der Waals surface area contributed by atoms with Gasteiger partial charge in [-0.2, -0.15) is 0 Å². The molecule has 0 aromatic carbocycles. The van der Waals surface area contributed by atoms with E-state index >= 15 is 0 Å². The van der Waals surface area contributed by atoms with E-state index in [0.717, 1.165) is 11.1 Å². The van der Waals surface area contributed by atoms with Crippen molar-refractivity contribution in [3.05, 3.63) is 35.5 Å². The summed E-state index contributed by atoms with van der Waals surface area (Å²) in [4.78, 5) is 83.0. The number of allylic oxidation sites excluding steroid dienone is 2. The van der Waals surface area contributed by atoms with Crippen molar-refractivity contribution >= 4 is 35.5 Å². The largest absolute Gasteiger partial charge is 0.460 e. The molecule has 0 aliphatic carbocycles. The maximum absolute atomic E-state index is 14.1. The molecule has 5 rings (SSSR count). The first-order chi connectivity index (χ1) is 26.5. The SMILES string of the molecule is CO[C@H]1C(=O)[C@H](C)C[C@H](C)[C@@H]2C=CC(/C=C(\C)CC[C@@H]3CC[C@@H](C)[C@@](C=O)(O3)C(=O)C(=O)N3CCCC[C@H]3C(=O)O[C@H](C(C)C)CC(=O)C/C=C(\C)[C@H]1C)OC2. The fraction of sp³-hybridized carbons (Fsp3) is 0.733. The minimum Gasteiger partial charge on any atom is -0.460 e. The number of methoxy groups -OCH3 is 1. The second-order valence-corrected chi connectivity index (χ2v) is 17.4. The van der Waals surface area contributed by atoms with E-state index in [2.05, 4.69) is 25.2 Å². The third kappa shape index (κ3) is 11.0. The lowest BCUT2D eigenvalue weighted by Crippen LogP contribution is -2.61. The number of aldehydes is 1. The maximum Gasteiger partial charge on any atom is 0.329 e. The quantitative estimate of drug-likeness (QED) is 0.0993. The number of hydrogen-bond acceptors (Lipinski definition) is 10. The normalized spacial score (nSPS) is 38.7. The molecule has 5 aliphatic rings. The summed E-state index contributed by atoms with van der Waals surface area (Å²) in [5, 5.41) is 0. The Labute approximate surface area is 334 Å². The Morgan fingerprint density at radius 1 is 0.964 bits per heavy atom. The van der Waals surface area contributed by atoms with Gasteiger partial charge in [0.1, 0.15) is 24.0 Å². The van der Waals surface area contributed by atoms with E-state index in [1.165, 1.54) is 4.90 Å². The molecule has 1 amide bonds. The Balaban J connectivity index is 1.63. The number of ether oxygens (including phenoxy) is 4. The van der Waals surface area contributed by atoms with Crippen molar-refractivity contribution in [3.8, 4) is 0 Å². The molecule has 0 saturated carbocycles. The van der Waals surface area contributed by atoms with Crippen LogP contribution in [0.15, 0.2) is 35.5 Å². The lowest BCUT2D eigenvalue weighted by molar-refractivity contribution is -0.184. The molecule has 0 radical (unpaired) electrons. The topological polar surface area (TPSA) is 143 Å². The van der Waals surface area contributed by atoms with E-state index in [0.29, 0.717) is 64.3 Å². The minimum absolute atomic E-state index is 0.0255. The predicted octanol–water partition coefficient (Wildman–Crippen LogP) is 6.75. The molecule has 0 spiro atoms. The monoisotopic (exact) mass is 781 g/mol. The van der Waals surface area contributed by atoms with E-state index in [1.54, 1.807) is 14.0 Å². The van der Waals surface area contributed by atoms with E-state index in [-0.39, 0.29) is 66.6 Å². The van der Waals surface area contributed by atoms with Crippen molar-refractivity contribution in [2.45, 2.75) is 156 Å². The molecule has 5 aliphatic heterocycles. The van der Waals surface area contributed by atoms with Gasteiger partial charge in [0.2, 0.25) is 0 Å². The highest BCUT2D eigenvalue weighted by Crippen LogP contribution is 2.37. The Kier molecular flexibility index (Phi) is 16.6. The number of amides is 1. The van der Waals surface area contributed by atoms with Gasteiger partial charge in [0.05, 0.1) is 18.8 Å². The van der Waals surface area contributed by atoms with Crippen LogP contribution in [0.1, 0.15) is 120 Å². The number of fused-ring (bicyclic) bond motifs is 16. The van der Waals surface area contributed by atoms with Crippen molar-refractivity contribution in [1.82, 2.24) is 4.90 Å². The second kappa shape index (κ2) is 20.4. The molecule has 0 N–H and O–H groups in total. The van der Waals surface area contributed by atoms with Crippen molar-refractivity contribution in [2.75, 3.05) is 20.3 Å². The first-order valence-corrected chi connectivity index (χ1v) is 20.9. The van der Waals surface area contributed by atoms with E-state index < -0.39 is 53.5 Å². The van der Waals surface area contributed by atoms with Crippen LogP contribution in [-0.4, -0.2) is 96.7 Å². The van der Waals surface area contributed by atoms with Crippen LogP contribution in [0, 0.1) is 35.5 Å². The van der Waals surface area contributed by atoms with Crippen molar-refractivity contribution < 1.29 is 47.7 Å². The van der Waals surface area contributed by atoms with Gasteiger partial charge < -0.3 is 23.8 Å². The molecule has 0 aromatic heterocycles. The molecule has 11 heteroatoms.